The summed E-state index contributed by atoms with van der Waals surface area (Å²) in [6.45, 7) is 0.604. The van der Waals surface area contributed by atoms with Crippen molar-refractivity contribution in [1.82, 2.24) is 15.3 Å². The number of carbonyl (C=O) groups excluding carboxylic acids is 2. The topological polar surface area (TPSA) is 93.2 Å². The maximum Gasteiger partial charge on any atom is 0.337 e. The fourth-order valence-corrected chi connectivity index (χ4v) is 3.06. The van der Waals surface area contributed by atoms with Crippen molar-refractivity contribution in [3.05, 3.63) is 59.6 Å². The lowest BCUT2D eigenvalue weighted by Crippen LogP contribution is -2.26. The third kappa shape index (κ3) is 5.39. The van der Waals surface area contributed by atoms with Crippen LogP contribution in [0, 0.1) is 0 Å². The number of esters is 1. The highest BCUT2D eigenvalue weighted by molar-refractivity contribution is 5.93. The van der Waals surface area contributed by atoms with Crippen LogP contribution in [0.25, 0.3) is 0 Å². The molecule has 1 aliphatic rings. The van der Waals surface area contributed by atoms with Crippen molar-refractivity contribution in [3.8, 4) is 0 Å². The van der Waals surface area contributed by atoms with E-state index in [0.29, 0.717) is 23.6 Å². The molecule has 0 atom stereocenters. The minimum atomic E-state index is -0.392. The summed E-state index contributed by atoms with van der Waals surface area (Å²) in [5, 5.41) is 6.01. The van der Waals surface area contributed by atoms with Gasteiger partial charge in [-0.05, 0) is 56.4 Å². The number of hydrogen-bond acceptors (Lipinski definition) is 6. The second-order valence-electron chi connectivity index (χ2n) is 6.60. The Morgan fingerprint density at radius 1 is 1.14 bits per heavy atom. The summed E-state index contributed by atoms with van der Waals surface area (Å²) in [4.78, 5) is 32.0. The fourth-order valence-electron chi connectivity index (χ4n) is 3.06. The standard InChI is InChI=1S/C21H24N4O3/c1-28-21(27)16-7-9-17(10-8-16)25-19-13-18(23-14-24-19)20(26)22-12-11-15-5-3-2-4-6-15/h5,7-10,13-14H,2-4,6,11-12H2,1H3,(H,22,26)(H,23,24,25). The zero-order chi connectivity index (χ0) is 19.8. The molecule has 0 aliphatic heterocycles. The van der Waals surface area contributed by atoms with Crippen LogP contribution in [0.5, 0.6) is 0 Å². The molecule has 0 bridgehead atoms. The van der Waals surface area contributed by atoms with Crippen LogP contribution >= 0.6 is 0 Å². The van der Waals surface area contributed by atoms with Crippen LogP contribution in [0.4, 0.5) is 11.5 Å². The van der Waals surface area contributed by atoms with Crippen molar-refractivity contribution in [2.45, 2.75) is 32.1 Å². The van der Waals surface area contributed by atoms with E-state index in [9.17, 15) is 9.59 Å². The number of nitrogens with zero attached hydrogens (tertiary/aromatic N) is 2. The summed E-state index contributed by atoms with van der Waals surface area (Å²) in [6, 6.07) is 8.40. The molecular weight excluding hydrogens is 356 g/mol. The number of aromatic nitrogens is 2. The number of hydrogen-bond donors (Lipinski definition) is 2. The van der Waals surface area contributed by atoms with Gasteiger partial charge < -0.3 is 15.4 Å². The van der Waals surface area contributed by atoms with Crippen molar-refractivity contribution < 1.29 is 14.3 Å². The van der Waals surface area contributed by atoms with Gasteiger partial charge in [-0.25, -0.2) is 14.8 Å². The minimum absolute atomic E-state index is 0.220. The Bertz CT molecular complexity index is 862. The summed E-state index contributed by atoms with van der Waals surface area (Å²) in [5.74, 6) is -0.111. The summed E-state index contributed by atoms with van der Waals surface area (Å²) in [7, 11) is 1.34. The van der Waals surface area contributed by atoms with Crippen LogP contribution in [0.15, 0.2) is 48.3 Å². The van der Waals surface area contributed by atoms with Crippen molar-refractivity contribution in [3.63, 3.8) is 0 Å². The number of anilines is 2. The van der Waals surface area contributed by atoms with Gasteiger partial charge in [-0.1, -0.05) is 11.6 Å². The third-order valence-electron chi connectivity index (χ3n) is 4.59. The maximum absolute atomic E-state index is 12.3. The van der Waals surface area contributed by atoms with Crippen LogP contribution in [0.3, 0.4) is 0 Å². The predicted molar refractivity (Wildman–Crippen MR) is 107 cm³/mol. The second kappa shape index (κ2) is 9.64. The average Bonchev–Trinajstić information content (AvgIpc) is 2.74. The van der Waals surface area contributed by atoms with E-state index in [1.165, 1.54) is 31.9 Å². The molecule has 3 rings (SSSR count). The third-order valence-corrected chi connectivity index (χ3v) is 4.59. The van der Waals surface area contributed by atoms with Gasteiger partial charge in [0.25, 0.3) is 5.91 Å². The molecule has 7 nitrogen and oxygen atoms in total. The van der Waals surface area contributed by atoms with E-state index in [4.69, 9.17) is 0 Å². The molecule has 0 saturated heterocycles. The zero-order valence-corrected chi connectivity index (χ0v) is 15.9. The largest absolute Gasteiger partial charge is 0.465 e. The Kier molecular flexibility index (Phi) is 6.73. The van der Waals surface area contributed by atoms with E-state index in [-0.39, 0.29) is 5.91 Å². The first-order chi connectivity index (χ1) is 13.7. The first-order valence-electron chi connectivity index (χ1n) is 9.39. The van der Waals surface area contributed by atoms with Crippen LogP contribution in [0.1, 0.15) is 53.0 Å². The highest BCUT2D eigenvalue weighted by Gasteiger charge is 2.10. The molecule has 28 heavy (non-hydrogen) atoms. The number of methoxy groups -OCH3 is 1. The van der Waals surface area contributed by atoms with Gasteiger partial charge >= 0.3 is 5.97 Å². The van der Waals surface area contributed by atoms with Gasteiger partial charge in [-0.3, -0.25) is 4.79 Å². The van der Waals surface area contributed by atoms with Gasteiger partial charge in [-0.2, -0.15) is 0 Å². The maximum atomic E-state index is 12.3. The van der Waals surface area contributed by atoms with Gasteiger partial charge in [0.2, 0.25) is 0 Å². The monoisotopic (exact) mass is 380 g/mol. The number of benzene rings is 1. The fraction of sp³-hybridized carbons (Fsp3) is 0.333. The molecule has 1 heterocycles. The molecule has 1 aromatic heterocycles. The first kappa shape index (κ1) is 19.5. The molecule has 0 fully saturated rings. The van der Waals surface area contributed by atoms with Crippen LogP contribution in [-0.4, -0.2) is 35.5 Å². The molecule has 2 N–H and O–H groups in total. The Morgan fingerprint density at radius 2 is 1.96 bits per heavy atom. The lowest BCUT2D eigenvalue weighted by molar-refractivity contribution is 0.0600. The molecule has 1 aliphatic carbocycles. The molecule has 146 valence electrons. The molecule has 0 saturated carbocycles. The average molecular weight is 380 g/mol. The number of allylic oxidation sites excluding steroid dienone is 1. The van der Waals surface area contributed by atoms with Crippen LogP contribution in [0.2, 0.25) is 0 Å². The first-order valence-corrected chi connectivity index (χ1v) is 9.39. The van der Waals surface area contributed by atoms with E-state index in [1.807, 2.05) is 0 Å². The van der Waals surface area contributed by atoms with E-state index in [0.717, 1.165) is 24.9 Å². The molecule has 2 aromatic rings. The van der Waals surface area contributed by atoms with E-state index >= 15 is 0 Å². The van der Waals surface area contributed by atoms with Gasteiger partial charge in [0.15, 0.2) is 0 Å². The minimum Gasteiger partial charge on any atom is -0.465 e. The van der Waals surface area contributed by atoms with Crippen LogP contribution in [-0.2, 0) is 4.74 Å². The summed E-state index contributed by atoms with van der Waals surface area (Å²) < 4.78 is 4.68. The van der Waals surface area contributed by atoms with Crippen molar-refractivity contribution in [2.24, 2.45) is 0 Å². The Hall–Kier alpha value is -3.22. The van der Waals surface area contributed by atoms with E-state index in [1.54, 1.807) is 30.3 Å². The number of rotatable bonds is 7. The number of amides is 1. The number of nitrogens with one attached hydrogen (secondary N) is 2. The zero-order valence-electron chi connectivity index (χ0n) is 15.9. The molecule has 0 spiro atoms. The van der Waals surface area contributed by atoms with Crippen LogP contribution < -0.4 is 10.6 Å². The molecular formula is C21H24N4O3. The van der Waals surface area contributed by atoms with Gasteiger partial charge in [0.1, 0.15) is 17.8 Å². The lowest BCUT2D eigenvalue weighted by atomic mass is 9.97. The SMILES string of the molecule is COC(=O)c1ccc(Nc2cc(C(=O)NCCC3=CCCCC3)ncn2)cc1. The van der Waals surface area contributed by atoms with Crippen molar-refractivity contribution in [2.75, 3.05) is 19.0 Å². The molecule has 0 radical (unpaired) electrons. The Balaban J connectivity index is 1.56. The van der Waals surface area contributed by atoms with Crippen molar-refractivity contribution in [1.29, 1.82) is 0 Å². The smallest absolute Gasteiger partial charge is 0.337 e. The quantitative estimate of drug-likeness (QED) is 0.563. The number of carbonyl (C=O) groups is 2. The number of ether oxygens (including phenoxy) is 1. The van der Waals surface area contributed by atoms with Gasteiger partial charge in [0, 0.05) is 18.3 Å². The Morgan fingerprint density at radius 3 is 2.68 bits per heavy atom. The normalized spacial score (nSPS) is 13.4. The van der Waals surface area contributed by atoms with E-state index in [2.05, 4.69) is 31.4 Å². The van der Waals surface area contributed by atoms with Crippen molar-refractivity contribution >= 4 is 23.4 Å². The summed E-state index contributed by atoms with van der Waals surface area (Å²) in [6.07, 6.45) is 9.29. The molecule has 0 unspecified atom stereocenters. The molecule has 1 aromatic carbocycles. The summed E-state index contributed by atoms with van der Waals surface area (Å²) in [5.41, 5.74) is 2.93. The van der Waals surface area contributed by atoms with Gasteiger partial charge in [0.05, 0.1) is 12.7 Å². The lowest BCUT2D eigenvalue weighted by Gasteiger charge is -2.13. The Labute approximate surface area is 164 Å². The van der Waals surface area contributed by atoms with E-state index < -0.39 is 5.97 Å². The second-order valence-corrected chi connectivity index (χ2v) is 6.60. The highest BCUT2D eigenvalue weighted by Crippen LogP contribution is 2.19. The van der Waals surface area contributed by atoms with Gasteiger partial charge in [-0.15, -0.1) is 0 Å². The molecule has 1 amide bonds. The molecule has 7 heteroatoms. The highest BCUT2D eigenvalue weighted by atomic mass is 16.5. The summed E-state index contributed by atoms with van der Waals surface area (Å²) >= 11 is 0. The predicted octanol–water partition coefficient (Wildman–Crippen LogP) is 3.63.